The van der Waals surface area contributed by atoms with Gasteiger partial charge in [0.05, 0.1) is 0 Å². The van der Waals surface area contributed by atoms with Crippen LogP contribution < -0.4 is 10.6 Å². The highest BCUT2D eigenvalue weighted by molar-refractivity contribution is 6.06. The van der Waals surface area contributed by atoms with Crippen molar-refractivity contribution in [3.63, 3.8) is 0 Å². The molecule has 0 unspecified atom stereocenters. The molecule has 28 heavy (non-hydrogen) atoms. The molecular formula is C23H28N2O3. The molecular weight excluding hydrogens is 352 g/mol. The highest BCUT2D eigenvalue weighted by Gasteiger charge is 2.51. The summed E-state index contributed by atoms with van der Waals surface area (Å²) < 4.78 is 0. The van der Waals surface area contributed by atoms with E-state index in [2.05, 4.69) is 10.6 Å². The predicted molar refractivity (Wildman–Crippen MR) is 108 cm³/mol. The van der Waals surface area contributed by atoms with Crippen molar-refractivity contribution in [3.05, 3.63) is 41.5 Å². The number of amides is 2. The summed E-state index contributed by atoms with van der Waals surface area (Å²) >= 11 is 0. The van der Waals surface area contributed by atoms with Gasteiger partial charge < -0.3 is 10.6 Å². The highest BCUT2D eigenvalue weighted by Crippen LogP contribution is 2.55. The molecule has 0 saturated heterocycles. The van der Waals surface area contributed by atoms with Gasteiger partial charge in [0.2, 0.25) is 11.8 Å². The van der Waals surface area contributed by atoms with Gasteiger partial charge in [-0.1, -0.05) is 0 Å². The van der Waals surface area contributed by atoms with E-state index in [0.29, 0.717) is 16.8 Å². The minimum absolute atomic E-state index is 0.0186. The molecule has 4 saturated carbocycles. The monoisotopic (exact) mass is 380 g/mol. The van der Waals surface area contributed by atoms with Crippen LogP contribution in [0.3, 0.4) is 0 Å². The Labute approximate surface area is 166 Å². The van der Waals surface area contributed by atoms with Crippen LogP contribution in [0, 0.1) is 17.8 Å². The Morgan fingerprint density at radius 3 is 1.96 bits per heavy atom. The van der Waals surface area contributed by atoms with Gasteiger partial charge in [-0.25, -0.2) is 0 Å². The first-order chi connectivity index (χ1) is 13.3. The second-order valence-corrected chi connectivity index (χ2v) is 9.10. The molecule has 0 atom stereocenters. The topological polar surface area (TPSA) is 75.3 Å². The van der Waals surface area contributed by atoms with Gasteiger partial charge in [0.25, 0.3) is 0 Å². The van der Waals surface area contributed by atoms with Crippen LogP contribution in [0.1, 0.15) is 62.7 Å². The number of benzene rings is 1. The first-order valence-electron chi connectivity index (χ1n) is 10.2. The quantitative estimate of drug-likeness (QED) is 0.602. The van der Waals surface area contributed by atoms with Gasteiger partial charge >= 0.3 is 0 Å². The molecule has 2 N–H and O–H groups in total. The molecule has 2 amide bonds. The number of carbonyl (C=O) groups excluding carboxylic acids is 3. The van der Waals surface area contributed by atoms with Crippen LogP contribution in [0.2, 0.25) is 0 Å². The number of anilines is 1. The van der Waals surface area contributed by atoms with E-state index in [4.69, 9.17) is 0 Å². The molecule has 4 aliphatic rings. The van der Waals surface area contributed by atoms with Gasteiger partial charge in [0, 0.05) is 28.4 Å². The summed E-state index contributed by atoms with van der Waals surface area (Å²) in [6, 6.07) is 6.73. The Hall–Kier alpha value is -2.43. The van der Waals surface area contributed by atoms with Crippen LogP contribution in [0.4, 0.5) is 5.69 Å². The summed E-state index contributed by atoms with van der Waals surface area (Å²) in [6.07, 6.45) is 8.61. The third-order valence-electron chi connectivity index (χ3n) is 6.68. The fourth-order valence-electron chi connectivity index (χ4n) is 5.83. The van der Waals surface area contributed by atoms with Crippen molar-refractivity contribution in [3.8, 4) is 0 Å². The van der Waals surface area contributed by atoms with E-state index in [-0.39, 0.29) is 23.1 Å². The number of Topliss-reactive ketones (excluding diaryl/α,β-unsaturated/α-hetero) is 1. The smallest absolute Gasteiger partial charge is 0.248 e. The van der Waals surface area contributed by atoms with Crippen molar-refractivity contribution in [2.24, 2.45) is 17.8 Å². The van der Waals surface area contributed by atoms with Crippen LogP contribution in [0.25, 0.3) is 0 Å². The molecule has 5 heteroatoms. The number of nitrogens with one attached hydrogen (secondary N) is 2. The van der Waals surface area contributed by atoms with Crippen molar-refractivity contribution < 1.29 is 14.4 Å². The Morgan fingerprint density at radius 1 is 0.929 bits per heavy atom. The fourth-order valence-corrected chi connectivity index (χ4v) is 5.83. The maximum atomic E-state index is 12.7. The van der Waals surface area contributed by atoms with Crippen molar-refractivity contribution in [1.29, 1.82) is 0 Å². The van der Waals surface area contributed by atoms with Crippen molar-refractivity contribution in [2.75, 3.05) is 5.32 Å². The zero-order valence-corrected chi connectivity index (χ0v) is 16.6. The minimum Gasteiger partial charge on any atom is -0.347 e. The fraction of sp³-hybridized carbons (Fsp3) is 0.522. The largest absolute Gasteiger partial charge is 0.347 e. The van der Waals surface area contributed by atoms with Crippen LogP contribution in [-0.2, 0) is 9.59 Å². The van der Waals surface area contributed by atoms with Crippen LogP contribution in [0.5, 0.6) is 0 Å². The summed E-state index contributed by atoms with van der Waals surface area (Å²) in [5, 5.41) is 6.04. The molecule has 0 aromatic heterocycles. The summed E-state index contributed by atoms with van der Waals surface area (Å²) in [7, 11) is 0. The minimum atomic E-state index is -0.339. The second kappa shape index (κ2) is 7.19. The van der Waals surface area contributed by atoms with E-state index in [0.717, 1.165) is 37.0 Å². The van der Waals surface area contributed by atoms with Crippen molar-refractivity contribution >= 4 is 23.3 Å². The van der Waals surface area contributed by atoms with Gasteiger partial charge in [-0.05, 0) is 94.4 Å². The number of hydrogen-bond donors (Lipinski definition) is 2. The van der Waals surface area contributed by atoms with Crippen molar-refractivity contribution in [2.45, 2.75) is 57.9 Å². The number of ketones is 1. The lowest BCUT2D eigenvalue weighted by Crippen LogP contribution is -2.60. The maximum absolute atomic E-state index is 12.7. The lowest BCUT2D eigenvalue weighted by Gasteiger charge is -2.56. The molecule has 0 radical (unpaired) electrons. The van der Waals surface area contributed by atoms with E-state index >= 15 is 0 Å². The molecule has 4 aliphatic carbocycles. The lowest BCUT2D eigenvalue weighted by molar-refractivity contribution is -0.123. The summed E-state index contributed by atoms with van der Waals surface area (Å²) in [4.78, 5) is 36.3. The number of hydrogen-bond acceptors (Lipinski definition) is 3. The van der Waals surface area contributed by atoms with Crippen LogP contribution >= 0.6 is 0 Å². The highest BCUT2D eigenvalue weighted by atomic mass is 16.2. The average molecular weight is 380 g/mol. The number of carbonyl (C=O) groups is 3. The van der Waals surface area contributed by atoms with Gasteiger partial charge in [-0.3, -0.25) is 14.4 Å². The molecule has 5 nitrogen and oxygen atoms in total. The first-order valence-corrected chi connectivity index (χ1v) is 10.2. The lowest BCUT2D eigenvalue weighted by atomic mass is 9.53. The third kappa shape index (κ3) is 3.89. The summed E-state index contributed by atoms with van der Waals surface area (Å²) in [5.74, 6) is 1.79. The molecule has 0 spiro atoms. The SMILES string of the molecule is CC(=O)c1ccc(NC(=O)/C=C(/C)C(=O)NC23CC4CC(CC(C4)C2)C3)cc1. The Bertz CT molecular complexity index is 803. The van der Waals surface area contributed by atoms with Crippen molar-refractivity contribution in [1.82, 2.24) is 5.32 Å². The zero-order valence-electron chi connectivity index (χ0n) is 16.6. The Morgan fingerprint density at radius 2 is 1.46 bits per heavy atom. The van der Waals surface area contributed by atoms with Gasteiger partial charge in [-0.15, -0.1) is 0 Å². The van der Waals surface area contributed by atoms with E-state index in [1.807, 2.05) is 0 Å². The molecule has 1 aromatic carbocycles. The normalized spacial score (nSPS) is 30.8. The van der Waals surface area contributed by atoms with E-state index < -0.39 is 0 Å². The maximum Gasteiger partial charge on any atom is 0.248 e. The molecule has 0 aliphatic heterocycles. The van der Waals surface area contributed by atoms with E-state index in [9.17, 15) is 14.4 Å². The molecule has 0 heterocycles. The summed E-state index contributed by atoms with van der Waals surface area (Å²) in [5.41, 5.74) is 1.56. The molecule has 1 aromatic rings. The molecule has 4 bridgehead atoms. The standard InChI is InChI=1S/C23H28N2O3/c1-14(7-21(27)24-20-5-3-19(4-6-20)15(2)26)22(28)25-23-11-16-8-17(12-23)10-18(9-16)13-23/h3-7,16-18H,8-13H2,1-2H3,(H,24,27)(H,25,28)/b14-7-. The predicted octanol–water partition coefficient (Wildman–Crippen LogP) is 3.86. The number of rotatable bonds is 5. The van der Waals surface area contributed by atoms with Gasteiger partial charge in [-0.2, -0.15) is 0 Å². The molecule has 4 fully saturated rings. The Balaban J connectivity index is 1.37. The Kier molecular flexibility index (Phi) is 4.86. The molecule has 5 rings (SSSR count). The van der Waals surface area contributed by atoms with E-state index in [1.54, 1.807) is 31.2 Å². The molecule has 148 valence electrons. The van der Waals surface area contributed by atoms with E-state index in [1.165, 1.54) is 32.3 Å². The van der Waals surface area contributed by atoms with Gasteiger partial charge in [0.15, 0.2) is 5.78 Å². The first kappa shape index (κ1) is 18.9. The summed E-state index contributed by atoms with van der Waals surface area (Å²) in [6.45, 7) is 3.19. The zero-order chi connectivity index (χ0) is 19.9. The second-order valence-electron chi connectivity index (χ2n) is 9.10. The average Bonchev–Trinajstić information content (AvgIpc) is 2.60. The van der Waals surface area contributed by atoms with Crippen LogP contribution in [0.15, 0.2) is 35.9 Å². The van der Waals surface area contributed by atoms with Crippen LogP contribution in [-0.4, -0.2) is 23.1 Å². The third-order valence-corrected chi connectivity index (χ3v) is 6.68. The van der Waals surface area contributed by atoms with Gasteiger partial charge in [0.1, 0.15) is 0 Å².